The van der Waals surface area contributed by atoms with Crippen LogP contribution in [0, 0.1) is 0 Å². The number of hydrogen-bond acceptors (Lipinski definition) is 3. The molecule has 1 aliphatic heterocycles. The van der Waals surface area contributed by atoms with Crippen LogP contribution in [0.4, 0.5) is 8.78 Å². The minimum Gasteiger partial charge on any atom is -0.373 e. The Bertz CT molecular complexity index is 552. The van der Waals surface area contributed by atoms with Gasteiger partial charge in [-0.05, 0) is 5.56 Å². The molecule has 1 aliphatic rings. The molecular weight excluding hydrogens is 306 g/mol. The lowest BCUT2D eigenvalue weighted by atomic mass is 10.0. The van der Waals surface area contributed by atoms with Gasteiger partial charge in [0.25, 0.3) is 5.92 Å². The molecule has 0 aliphatic carbocycles. The van der Waals surface area contributed by atoms with Gasteiger partial charge in [-0.25, -0.2) is 8.78 Å². The summed E-state index contributed by atoms with van der Waals surface area (Å²) in [5.74, 6) is -3.77. The third kappa shape index (κ3) is 5.28. The molecular formula is C16H20F2N2O3. The molecule has 1 fully saturated rings. The van der Waals surface area contributed by atoms with Crippen molar-refractivity contribution in [1.29, 1.82) is 0 Å². The topological polar surface area (TPSA) is 58.6 Å². The van der Waals surface area contributed by atoms with Crippen LogP contribution in [-0.2, 0) is 14.3 Å². The summed E-state index contributed by atoms with van der Waals surface area (Å²) in [7, 11) is 0. The van der Waals surface area contributed by atoms with Gasteiger partial charge in [-0.15, -0.1) is 0 Å². The van der Waals surface area contributed by atoms with E-state index >= 15 is 0 Å². The molecule has 1 saturated heterocycles. The van der Waals surface area contributed by atoms with Crippen LogP contribution in [0.3, 0.4) is 0 Å². The Hall–Kier alpha value is -2.02. The Labute approximate surface area is 133 Å². The lowest BCUT2D eigenvalue weighted by Crippen LogP contribution is -2.42. The number of rotatable bonds is 4. The van der Waals surface area contributed by atoms with E-state index in [1.165, 1.54) is 6.92 Å². The summed E-state index contributed by atoms with van der Waals surface area (Å²) in [4.78, 5) is 24.9. The van der Waals surface area contributed by atoms with E-state index in [1.54, 1.807) is 24.3 Å². The third-order valence-electron chi connectivity index (χ3n) is 3.55. The normalized spacial score (nSPS) is 18.8. The molecule has 2 amide bonds. The van der Waals surface area contributed by atoms with Gasteiger partial charge in [0.2, 0.25) is 11.8 Å². The van der Waals surface area contributed by atoms with Crippen LogP contribution in [0.2, 0.25) is 0 Å². The standard InChI is InChI=1S/C16H20F2N2O3/c1-12(21)19-14(13-5-3-2-4-6-13)9-15(22)20-7-8-23-11-16(17,18)10-20/h2-6,14H,7-11H2,1H3,(H,19,21). The van der Waals surface area contributed by atoms with Gasteiger partial charge in [0, 0.05) is 13.5 Å². The van der Waals surface area contributed by atoms with Crippen LogP contribution in [0.1, 0.15) is 24.9 Å². The predicted octanol–water partition coefficient (Wildman–Crippen LogP) is 1.75. The molecule has 1 unspecified atom stereocenters. The fourth-order valence-electron chi connectivity index (χ4n) is 2.50. The number of alkyl halides is 2. The quantitative estimate of drug-likeness (QED) is 0.917. The number of halogens is 2. The Morgan fingerprint density at radius 1 is 1.35 bits per heavy atom. The molecule has 7 heteroatoms. The Kier molecular flexibility index (Phi) is 5.65. The van der Waals surface area contributed by atoms with Crippen molar-refractivity contribution < 1.29 is 23.1 Å². The van der Waals surface area contributed by atoms with Crippen molar-refractivity contribution in [2.24, 2.45) is 0 Å². The zero-order chi connectivity index (χ0) is 16.9. The minimum atomic E-state index is -3.05. The fourth-order valence-corrected chi connectivity index (χ4v) is 2.50. The first-order chi connectivity index (χ1) is 10.9. The van der Waals surface area contributed by atoms with E-state index in [0.717, 1.165) is 10.5 Å². The molecule has 0 spiro atoms. The van der Waals surface area contributed by atoms with Gasteiger partial charge in [0.1, 0.15) is 6.61 Å². The van der Waals surface area contributed by atoms with Crippen molar-refractivity contribution in [3.63, 3.8) is 0 Å². The first-order valence-corrected chi connectivity index (χ1v) is 7.43. The number of ether oxygens (including phenoxy) is 1. The first kappa shape index (κ1) is 17.3. The molecule has 1 atom stereocenters. The van der Waals surface area contributed by atoms with Crippen LogP contribution >= 0.6 is 0 Å². The first-order valence-electron chi connectivity index (χ1n) is 7.43. The van der Waals surface area contributed by atoms with E-state index in [1.807, 2.05) is 6.07 Å². The monoisotopic (exact) mass is 326 g/mol. The van der Waals surface area contributed by atoms with Gasteiger partial charge in [-0.2, -0.15) is 0 Å². The van der Waals surface area contributed by atoms with E-state index in [9.17, 15) is 18.4 Å². The van der Waals surface area contributed by atoms with Crippen LogP contribution in [0.25, 0.3) is 0 Å². The SMILES string of the molecule is CC(=O)NC(CC(=O)N1CCOCC(F)(F)C1)c1ccccc1. The third-order valence-corrected chi connectivity index (χ3v) is 3.55. The average Bonchev–Trinajstić information content (AvgIpc) is 2.68. The molecule has 1 heterocycles. The van der Waals surface area contributed by atoms with Crippen molar-refractivity contribution in [2.75, 3.05) is 26.3 Å². The van der Waals surface area contributed by atoms with E-state index in [4.69, 9.17) is 4.74 Å². The zero-order valence-electron chi connectivity index (χ0n) is 12.9. The number of nitrogens with zero attached hydrogens (tertiary/aromatic N) is 1. The molecule has 0 saturated carbocycles. The zero-order valence-corrected chi connectivity index (χ0v) is 12.9. The smallest absolute Gasteiger partial charge is 0.288 e. The van der Waals surface area contributed by atoms with Gasteiger partial charge >= 0.3 is 0 Å². The maximum atomic E-state index is 13.6. The number of hydrogen-bond donors (Lipinski definition) is 1. The van der Waals surface area contributed by atoms with Gasteiger partial charge < -0.3 is 15.0 Å². The molecule has 0 radical (unpaired) electrons. The summed E-state index contributed by atoms with van der Waals surface area (Å²) in [5, 5.41) is 2.70. The highest BCUT2D eigenvalue weighted by molar-refractivity contribution is 5.79. The molecule has 0 aromatic heterocycles. The second-order valence-electron chi connectivity index (χ2n) is 5.59. The molecule has 1 aromatic carbocycles. The molecule has 126 valence electrons. The molecule has 5 nitrogen and oxygen atoms in total. The number of carbonyl (C=O) groups is 2. The molecule has 1 N–H and O–H groups in total. The van der Waals surface area contributed by atoms with E-state index in [2.05, 4.69) is 5.32 Å². The lowest BCUT2D eigenvalue weighted by Gasteiger charge is -2.26. The molecule has 0 bridgehead atoms. The molecule has 2 rings (SSSR count). The van der Waals surface area contributed by atoms with Gasteiger partial charge in [0.15, 0.2) is 0 Å². The summed E-state index contributed by atoms with van der Waals surface area (Å²) in [6, 6.07) is 8.44. The predicted molar refractivity (Wildman–Crippen MR) is 80.0 cm³/mol. The summed E-state index contributed by atoms with van der Waals surface area (Å²) < 4.78 is 31.9. The van der Waals surface area contributed by atoms with Gasteiger partial charge in [-0.3, -0.25) is 9.59 Å². The number of benzene rings is 1. The second kappa shape index (κ2) is 7.50. The Morgan fingerprint density at radius 3 is 2.70 bits per heavy atom. The van der Waals surface area contributed by atoms with Crippen molar-refractivity contribution in [3.8, 4) is 0 Å². The van der Waals surface area contributed by atoms with Crippen molar-refractivity contribution in [3.05, 3.63) is 35.9 Å². The van der Waals surface area contributed by atoms with Gasteiger partial charge in [0.05, 0.1) is 25.6 Å². The van der Waals surface area contributed by atoms with Crippen molar-refractivity contribution in [2.45, 2.75) is 25.3 Å². The van der Waals surface area contributed by atoms with Crippen molar-refractivity contribution >= 4 is 11.8 Å². The van der Waals surface area contributed by atoms with Gasteiger partial charge in [-0.1, -0.05) is 30.3 Å². The van der Waals surface area contributed by atoms with Crippen LogP contribution in [0.5, 0.6) is 0 Å². The Morgan fingerprint density at radius 2 is 2.04 bits per heavy atom. The largest absolute Gasteiger partial charge is 0.373 e. The van der Waals surface area contributed by atoms with E-state index in [-0.39, 0.29) is 25.5 Å². The second-order valence-corrected chi connectivity index (χ2v) is 5.59. The highest BCUT2D eigenvalue weighted by Gasteiger charge is 2.36. The van der Waals surface area contributed by atoms with Crippen LogP contribution < -0.4 is 5.32 Å². The van der Waals surface area contributed by atoms with E-state index in [0.29, 0.717) is 0 Å². The Balaban J connectivity index is 2.09. The molecule has 1 aromatic rings. The summed E-state index contributed by atoms with van der Waals surface area (Å²) in [5.41, 5.74) is 0.758. The fraction of sp³-hybridized carbons (Fsp3) is 0.500. The maximum absolute atomic E-state index is 13.6. The van der Waals surface area contributed by atoms with E-state index < -0.39 is 31.0 Å². The summed E-state index contributed by atoms with van der Waals surface area (Å²) in [6.45, 7) is 0.222. The van der Waals surface area contributed by atoms with Crippen LogP contribution in [-0.4, -0.2) is 48.9 Å². The maximum Gasteiger partial charge on any atom is 0.288 e. The van der Waals surface area contributed by atoms with Crippen LogP contribution in [0.15, 0.2) is 30.3 Å². The highest BCUT2D eigenvalue weighted by Crippen LogP contribution is 2.22. The number of amides is 2. The number of carbonyl (C=O) groups excluding carboxylic acids is 2. The number of nitrogens with one attached hydrogen (secondary N) is 1. The lowest BCUT2D eigenvalue weighted by molar-refractivity contribution is -0.136. The highest BCUT2D eigenvalue weighted by atomic mass is 19.3. The average molecular weight is 326 g/mol. The molecule has 23 heavy (non-hydrogen) atoms. The summed E-state index contributed by atoms with van der Waals surface area (Å²) in [6.07, 6.45) is -0.0698. The van der Waals surface area contributed by atoms with Crippen molar-refractivity contribution in [1.82, 2.24) is 10.2 Å². The summed E-state index contributed by atoms with van der Waals surface area (Å²) >= 11 is 0. The minimum absolute atomic E-state index is 0.0698.